The van der Waals surface area contributed by atoms with Crippen molar-refractivity contribution >= 4 is 28.8 Å². The average molecular weight is 159 g/mol. The lowest BCUT2D eigenvalue weighted by Crippen LogP contribution is -1.85. The summed E-state index contributed by atoms with van der Waals surface area (Å²) in [5, 5.41) is 4.08. The zero-order chi connectivity index (χ0) is 6.69. The molecule has 0 spiro atoms. The fourth-order valence-corrected chi connectivity index (χ4v) is 2.02. The largest absolute Gasteiger partial charge is 0.398 e. The van der Waals surface area contributed by atoms with Crippen molar-refractivity contribution in [3.63, 3.8) is 0 Å². The molecule has 0 aliphatic carbocycles. The van der Waals surface area contributed by atoms with Gasteiger partial charge in [-0.1, -0.05) is 0 Å². The zero-order valence-corrected chi connectivity index (χ0v) is 6.89. The van der Waals surface area contributed by atoms with Gasteiger partial charge in [-0.05, 0) is 17.2 Å². The Kier molecular flexibility index (Phi) is 2.42. The molecule has 1 aromatic rings. The SMILES string of the molecule is CSCc1cscc1N. The molecule has 3 heteroatoms. The van der Waals surface area contributed by atoms with Crippen molar-refractivity contribution in [3.8, 4) is 0 Å². The molecule has 0 unspecified atom stereocenters. The molecule has 1 aromatic heterocycles. The second-order valence-corrected chi connectivity index (χ2v) is 3.39. The van der Waals surface area contributed by atoms with E-state index in [2.05, 4.69) is 11.6 Å². The Hall–Kier alpha value is -0.150. The molecule has 0 atom stereocenters. The molecule has 0 amide bonds. The van der Waals surface area contributed by atoms with Gasteiger partial charge in [-0.3, -0.25) is 0 Å². The summed E-state index contributed by atoms with van der Waals surface area (Å²) in [6, 6.07) is 0. The number of thioether (sulfide) groups is 1. The Labute approximate surface area is 63.3 Å². The molecule has 0 bridgehead atoms. The highest BCUT2D eigenvalue weighted by molar-refractivity contribution is 7.97. The standard InChI is InChI=1S/C6H9NS2/c1-8-2-5-3-9-4-6(5)7/h3-4H,2,7H2,1H3. The smallest absolute Gasteiger partial charge is 0.0463 e. The minimum atomic E-state index is 0.939. The van der Waals surface area contributed by atoms with Gasteiger partial charge in [0.1, 0.15) is 0 Å². The van der Waals surface area contributed by atoms with E-state index in [0.717, 1.165) is 11.4 Å². The number of thiophene rings is 1. The second kappa shape index (κ2) is 3.13. The number of hydrogen-bond donors (Lipinski definition) is 1. The summed E-state index contributed by atoms with van der Waals surface area (Å²) in [4.78, 5) is 0. The summed E-state index contributed by atoms with van der Waals surface area (Å²) in [6.07, 6.45) is 2.08. The van der Waals surface area contributed by atoms with Gasteiger partial charge in [-0.25, -0.2) is 0 Å². The van der Waals surface area contributed by atoms with Crippen molar-refractivity contribution in [2.45, 2.75) is 5.75 Å². The molecule has 0 saturated heterocycles. The van der Waals surface area contributed by atoms with Crippen molar-refractivity contribution in [1.29, 1.82) is 0 Å². The highest BCUT2D eigenvalue weighted by atomic mass is 32.2. The highest BCUT2D eigenvalue weighted by Crippen LogP contribution is 2.20. The van der Waals surface area contributed by atoms with Crippen LogP contribution in [0, 0.1) is 0 Å². The molecule has 1 rings (SSSR count). The molecule has 0 fully saturated rings. The predicted octanol–water partition coefficient (Wildman–Crippen LogP) is 2.19. The van der Waals surface area contributed by atoms with Crippen LogP contribution >= 0.6 is 23.1 Å². The van der Waals surface area contributed by atoms with Gasteiger partial charge in [0.05, 0.1) is 0 Å². The van der Waals surface area contributed by atoms with Gasteiger partial charge >= 0.3 is 0 Å². The second-order valence-electron chi connectivity index (χ2n) is 1.79. The van der Waals surface area contributed by atoms with Crippen LogP contribution in [0.15, 0.2) is 10.8 Å². The lowest BCUT2D eigenvalue weighted by Gasteiger charge is -1.92. The van der Waals surface area contributed by atoms with Crippen molar-refractivity contribution in [2.75, 3.05) is 12.0 Å². The molecule has 1 heterocycles. The van der Waals surface area contributed by atoms with E-state index in [4.69, 9.17) is 5.73 Å². The fraction of sp³-hybridized carbons (Fsp3) is 0.333. The Balaban J connectivity index is 2.69. The van der Waals surface area contributed by atoms with Crippen LogP contribution in [0.5, 0.6) is 0 Å². The minimum absolute atomic E-state index is 0.939. The van der Waals surface area contributed by atoms with Gasteiger partial charge in [0, 0.05) is 16.8 Å². The Morgan fingerprint density at radius 2 is 2.44 bits per heavy atom. The van der Waals surface area contributed by atoms with Crippen molar-refractivity contribution in [2.24, 2.45) is 0 Å². The number of hydrogen-bond acceptors (Lipinski definition) is 3. The van der Waals surface area contributed by atoms with E-state index in [9.17, 15) is 0 Å². The van der Waals surface area contributed by atoms with E-state index in [-0.39, 0.29) is 0 Å². The van der Waals surface area contributed by atoms with Gasteiger partial charge in [0.15, 0.2) is 0 Å². The molecule has 1 nitrogen and oxygen atoms in total. The molecule has 9 heavy (non-hydrogen) atoms. The predicted molar refractivity (Wildman–Crippen MR) is 46.0 cm³/mol. The number of nitrogen functional groups attached to an aromatic ring is 1. The third-order valence-corrected chi connectivity index (χ3v) is 2.49. The maximum absolute atomic E-state index is 5.62. The van der Waals surface area contributed by atoms with E-state index in [1.54, 1.807) is 23.1 Å². The van der Waals surface area contributed by atoms with Crippen LogP contribution in [0.25, 0.3) is 0 Å². The normalized spacial score (nSPS) is 9.89. The van der Waals surface area contributed by atoms with Crippen LogP contribution in [-0.4, -0.2) is 6.26 Å². The van der Waals surface area contributed by atoms with E-state index in [0.29, 0.717) is 0 Å². The van der Waals surface area contributed by atoms with E-state index in [1.807, 2.05) is 5.38 Å². The first kappa shape index (κ1) is 6.96. The summed E-state index contributed by atoms with van der Waals surface area (Å²) in [5.74, 6) is 1.04. The number of nitrogens with two attached hydrogens (primary N) is 1. The summed E-state index contributed by atoms with van der Waals surface area (Å²) in [7, 11) is 0. The van der Waals surface area contributed by atoms with Gasteiger partial charge < -0.3 is 5.73 Å². The maximum atomic E-state index is 5.62. The van der Waals surface area contributed by atoms with Crippen LogP contribution in [0.1, 0.15) is 5.56 Å². The van der Waals surface area contributed by atoms with Crippen LogP contribution in [0.2, 0.25) is 0 Å². The number of anilines is 1. The van der Waals surface area contributed by atoms with Crippen molar-refractivity contribution in [1.82, 2.24) is 0 Å². The summed E-state index contributed by atoms with van der Waals surface area (Å²) in [6.45, 7) is 0. The Morgan fingerprint density at radius 1 is 1.67 bits per heavy atom. The maximum Gasteiger partial charge on any atom is 0.0463 e. The molecule has 0 aliphatic rings. The van der Waals surface area contributed by atoms with Crippen LogP contribution in [0.3, 0.4) is 0 Å². The van der Waals surface area contributed by atoms with Gasteiger partial charge in [-0.2, -0.15) is 11.8 Å². The fourth-order valence-electron chi connectivity index (χ4n) is 0.606. The lowest BCUT2D eigenvalue weighted by molar-refractivity contribution is 1.48. The molecule has 0 aliphatic heterocycles. The first-order chi connectivity index (χ1) is 4.34. The van der Waals surface area contributed by atoms with Crippen LogP contribution < -0.4 is 5.73 Å². The van der Waals surface area contributed by atoms with Crippen molar-refractivity contribution < 1.29 is 0 Å². The van der Waals surface area contributed by atoms with E-state index in [1.165, 1.54) is 5.56 Å². The zero-order valence-electron chi connectivity index (χ0n) is 5.26. The molecule has 2 N–H and O–H groups in total. The molecule has 0 saturated carbocycles. The minimum Gasteiger partial charge on any atom is -0.398 e. The first-order valence-electron chi connectivity index (χ1n) is 2.64. The summed E-state index contributed by atoms with van der Waals surface area (Å²) in [5.41, 5.74) is 7.83. The van der Waals surface area contributed by atoms with E-state index >= 15 is 0 Å². The Morgan fingerprint density at radius 3 is 2.89 bits per heavy atom. The summed E-state index contributed by atoms with van der Waals surface area (Å²) >= 11 is 3.47. The molecular weight excluding hydrogens is 150 g/mol. The monoisotopic (exact) mass is 159 g/mol. The average Bonchev–Trinajstić information content (AvgIpc) is 2.18. The molecule has 50 valence electrons. The van der Waals surface area contributed by atoms with Crippen LogP contribution in [0.4, 0.5) is 5.69 Å². The summed E-state index contributed by atoms with van der Waals surface area (Å²) < 4.78 is 0. The topological polar surface area (TPSA) is 26.0 Å². The number of rotatable bonds is 2. The quantitative estimate of drug-likeness (QED) is 0.716. The molecular formula is C6H9NS2. The van der Waals surface area contributed by atoms with Gasteiger partial charge in [-0.15, -0.1) is 11.3 Å². The van der Waals surface area contributed by atoms with Crippen molar-refractivity contribution in [3.05, 3.63) is 16.3 Å². The molecule has 0 aromatic carbocycles. The first-order valence-corrected chi connectivity index (χ1v) is 4.97. The Bertz CT molecular complexity index is 183. The van der Waals surface area contributed by atoms with E-state index < -0.39 is 0 Å². The van der Waals surface area contributed by atoms with Gasteiger partial charge in [0.25, 0.3) is 0 Å². The lowest BCUT2D eigenvalue weighted by atomic mass is 10.3. The molecule has 0 radical (unpaired) electrons. The van der Waals surface area contributed by atoms with Gasteiger partial charge in [0.2, 0.25) is 0 Å². The van der Waals surface area contributed by atoms with Crippen LogP contribution in [-0.2, 0) is 5.75 Å². The highest BCUT2D eigenvalue weighted by Gasteiger charge is 1.96. The third-order valence-electron chi connectivity index (χ3n) is 1.08. The third kappa shape index (κ3) is 1.63.